The lowest BCUT2D eigenvalue weighted by atomic mass is 9.93. The van der Waals surface area contributed by atoms with Crippen molar-refractivity contribution in [1.29, 1.82) is 0 Å². The van der Waals surface area contributed by atoms with Gasteiger partial charge in [-0.25, -0.2) is 0 Å². The number of rotatable bonds is 4. The van der Waals surface area contributed by atoms with Gasteiger partial charge in [-0.1, -0.05) is 5.92 Å². The van der Waals surface area contributed by atoms with Crippen LogP contribution in [0.15, 0.2) is 0 Å². The average molecular weight is 166 g/mol. The molecule has 0 aliphatic heterocycles. The van der Waals surface area contributed by atoms with Gasteiger partial charge in [0.25, 0.3) is 0 Å². The van der Waals surface area contributed by atoms with Crippen molar-refractivity contribution < 1.29 is 4.79 Å². The molecule has 1 rings (SSSR count). The largest absolute Gasteiger partial charge is 0.352 e. The highest BCUT2D eigenvalue weighted by Crippen LogP contribution is 2.17. The molecule has 0 spiro atoms. The lowest BCUT2D eigenvalue weighted by molar-refractivity contribution is -0.121. The second kappa shape index (κ2) is 4.78. The summed E-state index contributed by atoms with van der Waals surface area (Å²) in [5.74, 6) is 2.46. The highest BCUT2D eigenvalue weighted by Gasteiger charge is 2.18. The highest BCUT2D eigenvalue weighted by atomic mass is 16.1. The molecule has 1 amide bonds. The predicted octanol–water partition coefficient (Wildman–Crippen LogP) is -0.122. The van der Waals surface area contributed by atoms with E-state index in [2.05, 4.69) is 16.6 Å². The van der Waals surface area contributed by atoms with E-state index in [4.69, 9.17) is 6.42 Å². The molecule has 0 radical (unpaired) electrons. The molecule has 0 aromatic carbocycles. The molecule has 3 nitrogen and oxygen atoms in total. The predicted molar refractivity (Wildman–Crippen MR) is 47.5 cm³/mol. The van der Waals surface area contributed by atoms with E-state index in [1.54, 1.807) is 0 Å². The zero-order valence-corrected chi connectivity index (χ0v) is 7.10. The topological polar surface area (TPSA) is 41.1 Å². The Morgan fingerprint density at radius 3 is 2.83 bits per heavy atom. The van der Waals surface area contributed by atoms with E-state index in [0.29, 0.717) is 19.1 Å². The van der Waals surface area contributed by atoms with Crippen LogP contribution in [-0.4, -0.2) is 25.0 Å². The van der Waals surface area contributed by atoms with Gasteiger partial charge < -0.3 is 5.32 Å². The standard InChI is InChI=1S/C9H14N2O/c1-2-6-10-7-9(12)11-8-4-3-5-8/h1,8,10H,3-7H2,(H,11,12). The van der Waals surface area contributed by atoms with E-state index in [1.807, 2.05) is 0 Å². The molecule has 0 heterocycles. The van der Waals surface area contributed by atoms with Crippen molar-refractivity contribution in [3.05, 3.63) is 0 Å². The van der Waals surface area contributed by atoms with Crippen molar-refractivity contribution in [2.24, 2.45) is 0 Å². The Kier molecular flexibility index (Phi) is 3.62. The molecule has 1 aliphatic rings. The first kappa shape index (κ1) is 9.08. The van der Waals surface area contributed by atoms with Gasteiger partial charge in [-0.05, 0) is 19.3 Å². The van der Waals surface area contributed by atoms with Crippen LogP contribution in [0.1, 0.15) is 19.3 Å². The molecule has 1 saturated carbocycles. The van der Waals surface area contributed by atoms with E-state index >= 15 is 0 Å². The number of amides is 1. The molecule has 66 valence electrons. The lowest BCUT2D eigenvalue weighted by Gasteiger charge is -2.26. The number of hydrogen-bond acceptors (Lipinski definition) is 2. The molecule has 3 heteroatoms. The monoisotopic (exact) mass is 166 g/mol. The second-order valence-corrected chi connectivity index (χ2v) is 3.00. The first-order chi connectivity index (χ1) is 5.83. The molecule has 0 unspecified atom stereocenters. The first-order valence-corrected chi connectivity index (χ1v) is 4.26. The fourth-order valence-electron chi connectivity index (χ4n) is 1.08. The molecular weight excluding hydrogens is 152 g/mol. The normalized spacial score (nSPS) is 16.2. The van der Waals surface area contributed by atoms with Crippen molar-refractivity contribution in [2.45, 2.75) is 25.3 Å². The van der Waals surface area contributed by atoms with Crippen LogP contribution in [0.3, 0.4) is 0 Å². The second-order valence-electron chi connectivity index (χ2n) is 3.00. The minimum absolute atomic E-state index is 0.0509. The fourth-order valence-corrected chi connectivity index (χ4v) is 1.08. The number of carbonyl (C=O) groups excluding carboxylic acids is 1. The Hall–Kier alpha value is -1.01. The summed E-state index contributed by atoms with van der Waals surface area (Å²) < 4.78 is 0. The van der Waals surface area contributed by atoms with Gasteiger partial charge in [-0.2, -0.15) is 0 Å². The first-order valence-electron chi connectivity index (χ1n) is 4.26. The maximum absolute atomic E-state index is 11.1. The minimum atomic E-state index is 0.0509. The zero-order valence-electron chi connectivity index (χ0n) is 7.10. The van der Waals surface area contributed by atoms with Crippen LogP contribution in [0.5, 0.6) is 0 Å². The third-order valence-electron chi connectivity index (χ3n) is 1.98. The van der Waals surface area contributed by atoms with Gasteiger partial charge in [-0.3, -0.25) is 10.1 Å². The summed E-state index contributed by atoms with van der Waals surface area (Å²) in [4.78, 5) is 11.1. The molecule has 12 heavy (non-hydrogen) atoms. The van der Waals surface area contributed by atoms with E-state index in [-0.39, 0.29) is 5.91 Å². The van der Waals surface area contributed by atoms with Crippen LogP contribution in [0, 0.1) is 12.3 Å². The Morgan fingerprint density at radius 1 is 1.58 bits per heavy atom. The summed E-state index contributed by atoms with van der Waals surface area (Å²) in [5, 5.41) is 5.75. The molecule has 0 saturated heterocycles. The molecule has 1 aliphatic carbocycles. The van der Waals surface area contributed by atoms with E-state index < -0.39 is 0 Å². The molecular formula is C9H14N2O. The van der Waals surface area contributed by atoms with Crippen LogP contribution >= 0.6 is 0 Å². The summed E-state index contributed by atoms with van der Waals surface area (Å²) in [6.45, 7) is 0.790. The van der Waals surface area contributed by atoms with Crippen molar-refractivity contribution in [1.82, 2.24) is 10.6 Å². The summed E-state index contributed by atoms with van der Waals surface area (Å²) >= 11 is 0. The Labute approximate surface area is 72.9 Å². The highest BCUT2D eigenvalue weighted by molar-refractivity contribution is 5.78. The van der Waals surface area contributed by atoms with Crippen molar-refractivity contribution in [3.63, 3.8) is 0 Å². The zero-order chi connectivity index (χ0) is 8.81. The molecule has 0 atom stereocenters. The van der Waals surface area contributed by atoms with Crippen LogP contribution in [0.25, 0.3) is 0 Å². The minimum Gasteiger partial charge on any atom is -0.352 e. The maximum Gasteiger partial charge on any atom is 0.234 e. The summed E-state index contributed by atoms with van der Waals surface area (Å²) in [6, 6.07) is 0.421. The SMILES string of the molecule is C#CCNCC(=O)NC1CCC1. The molecule has 2 N–H and O–H groups in total. The Morgan fingerprint density at radius 2 is 2.33 bits per heavy atom. The van der Waals surface area contributed by atoms with Gasteiger partial charge in [0.15, 0.2) is 0 Å². The summed E-state index contributed by atoms with van der Waals surface area (Å²) in [6.07, 6.45) is 8.50. The summed E-state index contributed by atoms with van der Waals surface area (Å²) in [5.41, 5.74) is 0. The Bertz CT molecular complexity index is 191. The molecule has 0 aromatic heterocycles. The van der Waals surface area contributed by atoms with Crippen molar-refractivity contribution in [3.8, 4) is 12.3 Å². The number of hydrogen-bond donors (Lipinski definition) is 2. The van der Waals surface area contributed by atoms with Gasteiger partial charge in [0.1, 0.15) is 0 Å². The van der Waals surface area contributed by atoms with Gasteiger partial charge in [0.05, 0.1) is 13.1 Å². The van der Waals surface area contributed by atoms with Crippen molar-refractivity contribution in [2.75, 3.05) is 13.1 Å². The smallest absolute Gasteiger partial charge is 0.234 e. The number of nitrogens with one attached hydrogen (secondary N) is 2. The van der Waals surface area contributed by atoms with Crippen LogP contribution in [-0.2, 0) is 4.79 Å². The fraction of sp³-hybridized carbons (Fsp3) is 0.667. The summed E-state index contributed by atoms with van der Waals surface area (Å²) in [7, 11) is 0. The number of carbonyl (C=O) groups is 1. The van der Waals surface area contributed by atoms with Gasteiger partial charge in [-0.15, -0.1) is 6.42 Å². The van der Waals surface area contributed by atoms with Crippen molar-refractivity contribution >= 4 is 5.91 Å². The van der Waals surface area contributed by atoms with Gasteiger partial charge in [0.2, 0.25) is 5.91 Å². The third kappa shape index (κ3) is 2.93. The van der Waals surface area contributed by atoms with Crippen LogP contribution in [0.2, 0.25) is 0 Å². The molecule has 1 fully saturated rings. The Balaban J connectivity index is 2.00. The number of terminal acetylenes is 1. The van der Waals surface area contributed by atoms with Crippen LogP contribution < -0.4 is 10.6 Å². The van der Waals surface area contributed by atoms with Gasteiger partial charge >= 0.3 is 0 Å². The van der Waals surface area contributed by atoms with Gasteiger partial charge in [0, 0.05) is 6.04 Å². The van der Waals surface area contributed by atoms with E-state index in [0.717, 1.165) is 12.8 Å². The average Bonchev–Trinajstić information content (AvgIpc) is 1.98. The molecule has 0 bridgehead atoms. The maximum atomic E-state index is 11.1. The van der Waals surface area contributed by atoms with E-state index in [9.17, 15) is 4.79 Å². The lowest BCUT2D eigenvalue weighted by Crippen LogP contribution is -2.43. The quantitative estimate of drug-likeness (QED) is 0.451. The molecule has 0 aromatic rings. The van der Waals surface area contributed by atoms with E-state index in [1.165, 1.54) is 6.42 Å². The van der Waals surface area contributed by atoms with Crippen LogP contribution in [0.4, 0.5) is 0 Å². The third-order valence-corrected chi connectivity index (χ3v) is 1.98.